The monoisotopic (exact) mass is 228 g/mol. The molecule has 0 saturated heterocycles. The van der Waals surface area contributed by atoms with Crippen molar-refractivity contribution in [3.05, 3.63) is 0 Å². The van der Waals surface area contributed by atoms with Crippen molar-refractivity contribution in [2.45, 2.75) is 58.3 Å². The molecule has 1 rings (SSSR count). The fourth-order valence-corrected chi connectivity index (χ4v) is 1.42. The van der Waals surface area contributed by atoms with Gasteiger partial charge < -0.3 is 10.8 Å². The normalized spacial score (nSPS) is 15.4. The average Bonchev–Trinajstić information content (AvgIpc) is 2.47. The fraction of sp³-hybridized carbons (Fsp3) is 0.833. The number of aliphatic carboxylic acids is 1. The second-order valence-corrected chi connectivity index (χ2v) is 4.03. The number of hydrogen-bond donors (Lipinski definition) is 2. The van der Waals surface area contributed by atoms with Crippen LogP contribution in [0.1, 0.15) is 58.3 Å². The Labute approximate surface area is 97.9 Å². The molecule has 0 radical (unpaired) electrons. The van der Waals surface area contributed by atoms with Gasteiger partial charge in [-0.05, 0) is 19.3 Å². The number of nitrogens with two attached hydrogens (primary N) is 1. The largest absolute Gasteiger partial charge is 0.481 e. The van der Waals surface area contributed by atoms with Crippen molar-refractivity contribution in [1.82, 2.24) is 0 Å². The summed E-state index contributed by atoms with van der Waals surface area (Å²) in [6, 6.07) is 0. The van der Waals surface area contributed by atoms with Gasteiger partial charge >= 0.3 is 5.97 Å². The van der Waals surface area contributed by atoms with Crippen LogP contribution in [0.3, 0.4) is 0 Å². The van der Waals surface area contributed by atoms with Crippen molar-refractivity contribution < 1.29 is 9.90 Å². The molecule has 0 atom stereocenters. The summed E-state index contributed by atoms with van der Waals surface area (Å²) in [5.74, 6) is 0.168. The molecule has 1 aliphatic heterocycles. The number of nitrogens with zero attached hydrogens (tertiary/aromatic N) is 1. The summed E-state index contributed by atoms with van der Waals surface area (Å²) in [5.41, 5.74) is 5.48. The fourth-order valence-electron chi connectivity index (χ4n) is 1.42. The van der Waals surface area contributed by atoms with Crippen molar-refractivity contribution in [2.24, 2.45) is 10.7 Å². The number of amidine groups is 1. The summed E-state index contributed by atoms with van der Waals surface area (Å²) in [6.07, 6.45) is 8.04. The van der Waals surface area contributed by atoms with Gasteiger partial charge in [-0.25, -0.2) is 0 Å². The molecule has 0 unspecified atom stereocenters. The predicted octanol–water partition coefficient (Wildman–Crippen LogP) is 2.57. The summed E-state index contributed by atoms with van der Waals surface area (Å²) < 4.78 is 0. The first-order valence-corrected chi connectivity index (χ1v) is 6.17. The summed E-state index contributed by atoms with van der Waals surface area (Å²) in [5, 5.41) is 8.14. The van der Waals surface area contributed by atoms with E-state index in [2.05, 4.69) is 11.9 Å². The van der Waals surface area contributed by atoms with Crippen LogP contribution in [0, 0.1) is 0 Å². The second-order valence-electron chi connectivity index (χ2n) is 4.03. The third-order valence-electron chi connectivity index (χ3n) is 2.40. The van der Waals surface area contributed by atoms with E-state index in [1.165, 1.54) is 19.3 Å². The molecule has 16 heavy (non-hydrogen) atoms. The van der Waals surface area contributed by atoms with E-state index in [-0.39, 0.29) is 0 Å². The van der Waals surface area contributed by atoms with E-state index in [9.17, 15) is 4.79 Å². The Morgan fingerprint density at radius 1 is 1.38 bits per heavy atom. The molecule has 4 heteroatoms. The second kappa shape index (κ2) is 10.5. The van der Waals surface area contributed by atoms with Gasteiger partial charge in [-0.1, -0.05) is 26.2 Å². The van der Waals surface area contributed by atoms with Gasteiger partial charge in [0.15, 0.2) is 0 Å². The third kappa shape index (κ3) is 11.0. The van der Waals surface area contributed by atoms with Crippen molar-refractivity contribution in [1.29, 1.82) is 0 Å². The number of carbonyl (C=O) groups is 1. The Hall–Kier alpha value is -1.06. The highest BCUT2D eigenvalue weighted by molar-refractivity contribution is 5.80. The molecule has 94 valence electrons. The quantitative estimate of drug-likeness (QED) is 0.726. The van der Waals surface area contributed by atoms with E-state index in [0.717, 1.165) is 38.1 Å². The lowest BCUT2D eigenvalue weighted by Gasteiger charge is -1.90. The van der Waals surface area contributed by atoms with Crippen molar-refractivity contribution in [3.63, 3.8) is 0 Å². The number of aliphatic imine (C=N–C) groups is 1. The van der Waals surface area contributed by atoms with Gasteiger partial charge in [0.05, 0.1) is 5.84 Å². The van der Waals surface area contributed by atoms with Crippen LogP contribution in [0.4, 0.5) is 0 Å². The highest BCUT2D eigenvalue weighted by Gasteiger charge is 1.97. The highest BCUT2D eigenvalue weighted by Crippen LogP contribution is 2.04. The minimum Gasteiger partial charge on any atom is -0.481 e. The van der Waals surface area contributed by atoms with Crippen molar-refractivity contribution in [2.75, 3.05) is 6.54 Å². The molecular weight excluding hydrogens is 204 g/mol. The van der Waals surface area contributed by atoms with Gasteiger partial charge in [-0.3, -0.25) is 9.79 Å². The van der Waals surface area contributed by atoms with E-state index < -0.39 is 5.97 Å². The molecule has 0 aromatic rings. The summed E-state index contributed by atoms with van der Waals surface area (Å²) >= 11 is 0. The summed E-state index contributed by atoms with van der Waals surface area (Å²) in [6.45, 7) is 3.01. The number of unbranched alkanes of at least 4 members (excludes halogenated alkanes) is 2. The molecule has 0 aromatic heterocycles. The van der Waals surface area contributed by atoms with Gasteiger partial charge in [-0.2, -0.15) is 0 Å². The lowest BCUT2D eigenvalue weighted by molar-refractivity contribution is -0.137. The van der Waals surface area contributed by atoms with Gasteiger partial charge in [0.25, 0.3) is 0 Å². The first-order chi connectivity index (χ1) is 7.66. The van der Waals surface area contributed by atoms with E-state index in [1.807, 2.05) is 0 Å². The summed E-state index contributed by atoms with van der Waals surface area (Å²) in [7, 11) is 0. The van der Waals surface area contributed by atoms with Crippen LogP contribution in [-0.4, -0.2) is 23.5 Å². The zero-order chi connectivity index (χ0) is 12.2. The van der Waals surface area contributed by atoms with Crippen LogP contribution in [0.2, 0.25) is 0 Å². The van der Waals surface area contributed by atoms with Crippen LogP contribution >= 0.6 is 0 Å². The lowest BCUT2D eigenvalue weighted by atomic mass is 10.2. The molecule has 3 N–H and O–H groups in total. The molecule has 0 aliphatic carbocycles. The zero-order valence-electron chi connectivity index (χ0n) is 10.2. The molecule has 4 nitrogen and oxygen atoms in total. The molecule has 1 aliphatic rings. The number of rotatable bonds is 4. The minimum absolute atomic E-state index is 0.327. The Kier molecular flexibility index (Phi) is 9.76. The Balaban J connectivity index is 0.000000281. The van der Waals surface area contributed by atoms with E-state index in [0.29, 0.717) is 6.42 Å². The van der Waals surface area contributed by atoms with Crippen molar-refractivity contribution in [3.8, 4) is 0 Å². The van der Waals surface area contributed by atoms with Gasteiger partial charge in [0.1, 0.15) is 0 Å². The van der Waals surface area contributed by atoms with Crippen LogP contribution < -0.4 is 5.73 Å². The molecule has 0 fully saturated rings. The summed E-state index contributed by atoms with van der Waals surface area (Å²) in [4.78, 5) is 14.0. The lowest BCUT2D eigenvalue weighted by Crippen LogP contribution is -2.09. The van der Waals surface area contributed by atoms with Crippen LogP contribution in [0.15, 0.2) is 4.99 Å². The maximum absolute atomic E-state index is 9.87. The van der Waals surface area contributed by atoms with Crippen molar-refractivity contribution >= 4 is 11.8 Å². The molecule has 0 saturated carbocycles. The smallest absolute Gasteiger partial charge is 0.303 e. The van der Waals surface area contributed by atoms with E-state index in [4.69, 9.17) is 10.8 Å². The predicted molar refractivity (Wildman–Crippen MR) is 66.7 cm³/mol. The molecule has 0 amide bonds. The third-order valence-corrected chi connectivity index (χ3v) is 2.40. The molecular formula is C12H24N2O2. The number of hydrogen-bond acceptors (Lipinski definition) is 3. The molecule has 1 heterocycles. The van der Waals surface area contributed by atoms with Gasteiger partial charge in [-0.15, -0.1) is 0 Å². The Morgan fingerprint density at radius 3 is 2.75 bits per heavy atom. The SMILES string of the molecule is CCCCCC(=O)O.NC1=NCCCCC1. The number of carboxylic acid groups (broad SMARTS) is 1. The standard InChI is InChI=1S/C6H12N2.C6H12O2/c7-6-4-2-1-3-5-8-6;1-2-3-4-5-6(7)8/h1-5H2,(H2,7,8);2-5H2,1H3,(H,7,8). The highest BCUT2D eigenvalue weighted by atomic mass is 16.4. The Morgan fingerprint density at radius 2 is 2.12 bits per heavy atom. The maximum atomic E-state index is 9.87. The average molecular weight is 228 g/mol. The maximum Gasteiger partial charge on any atom is 0.303 e. The zero-order valence-corrected chi connectivity index (χ0v) is 10.2. The molecule has 0 spiro atoms. The number of carboxylic acids is 1. The first kappa shape index (κ1) is 14.9. The van der Waals surface area contributed by atoms with Crippen LogP contribution in [0.25, 0.3) is 0 Å². The van der Waals surface area contributed by atoms with E-state index >= 15 is 0 Å². The van der Waals surface area contributed by atoms with Gasteiger partial charge in [0.2, 0.25) is 0 Å². The molecule has 0 bridgehead atoms. The first-order valence-electron chi connectivity index (χ1n) is 6.17. The Bertz CT molecular complexity index is 215. The van der Waals surface area contributed by atoms with E-state index in [1.54, 1.807) is 0 Å². The van der Waals surface area contributed by atoms with Gasteiger partial charge in [0, 0.05) is 19.4 Å². The van der Waals surface area contributed by atoms with Crippen LogP contribution in [0.5, 0.6) is 0 Å². The van der Waals surface area contributed by atoms with Crippen LogP contribution in [-0.2, 0) is 4.79 Å². The minimum atomic E-state index is -0.682. The topological polar surface area (TPSA) is 75.7 Å². The molecule has 0 aromatic carbocycles.